The van der Waals surface area contributed by atoms with Crippen LogP contribution in [0.4, 0.5) is 5.82 Å². The summed E-state index contributed by atoms with van der Waals surface area (Å²) in [6, 6.07) is 16.1. The van der Waals surface area contributed by atoms with Crippen molar-refractivity contribution in [1.82, 2.24) is 35.2 Å². The van der Waals surface area contributed by atoms with Crippen molar-refractivity contribution in [3.05, 3.63) is 76.0 Å². The smallest absolute Gasteiger partial charge is 0.205 e. The number of nitrogens with zero attached hydrogens (tertiary/aromatic N) is 6. The summed E-state index contributed by atoms with van der Waals surface area (Å²) in [6.45, 7) is 4.87. The van der Waals surface area contributed by atoms with Gasteiger partial charge in [-0.05, 0) is 51.7 Å². The average molecular weight is 543 g/mol. The molecule has 0 bridgehead atoms. The van der Waals surface area contributed by atoms with Gasteiger partial charge in [-0.2, -0.15) is 14.8 Å². The standard InChI is InChI=1S/C26H23BrN8O/c1-3-16-14-29-35-22(12-17(4-2)30-26(16)35)28-13-15-9-10-21-20(11-15)23(27)24(36-21)18-7-5-6-8-19(18)25-31-33-34-32-25/h5-12,14,28H,3-4,13H2,1-2H3,(H,31,32,33,34). The zero-order valence-corrected chi connectivity index (χ0v) is 21.4. The molecule has 0 aliphatic heterocycles. The number of nitrogens with one attached hydrogen (secondary N) is 2. The minimum absolute atomic E-state index is 0.516. The van der Waals surface area contributed by atoms with Gasteiger partial charge in [0.1, 0.15) is 17.2 Å². The molecular formula is C26H23BrN8O. The van der Waals surface area contributed by atoms with Crippen molar-refractivity contribution in [1.29, 1.82) is 0 Å². The Morgan fingerprint density at radius 1 is 1.06 bits per heavy atom. The maximum absolute atomic E-state index is 6.27. The van der Waals surface area contributed by atoms with Gasteiger partial charge in [0, 0.05) is 40.4 Å². The number of aromatic nitrogens is 7. The van der Waals surface area contributed by atoms with Gasteiger partial charge in [0.25, 0.3) is 0 Å². The summed E-state index contributed by atoms with van der Waals surface area (Å²) in [4.78, 5) is 4.78. The number of tetrazole rings is 1. The first-order valence-corrected chi connectivity index (χ1v) is 12.6. The maximum Gasteiger partial charge on any atom is 0.205 e. The van der Waals surface area contributed by atoms with E-state index in [0.29, 0.717) is 12.4 Å². The van der Waals surface area contributed by atoms with Crippen molar-refractivity contribution in [3.63, 3.8) is 0 Å². The Kier molecular flexibility index (Phi) is 5.73. The van der Waals surface area contributed by atoms with Gasteiger partial charge in [0.15, 0.2) is 5.65 Å². The van der Waals surface area contributed by atoms with Crippen LogP contribution in [0.15, 0.2) is 63.6 Å². The van der Waals surface area contributed by atoms with E-state index >= 15 is 0 Å². The fourth-order valence-electron chi connectivity index (χ4n) is 4.36. The Labute approximate surface area is 215 Å². The summed E-state index contributed by atoms with van der Waals surface area (Å²) < 4.78 is 9.04. The quantitative estimate of drug-likeness (QED) is 0.261. The molecule has 9 nitrogen and oxygen atoms in total. The van der Waals surface area contributed by atoms with E-state index < -0.39 is 0 Å². The number of benzene rings is 2. The molecule has 180 valence electrons. The van der Waals surface area contributed by atoms with E-state index in [9.17, 15) is 0 Å². The van der Waals surface area contributed by atoms with Crippen LogP contribution in [0.25, 0.3) is 39.3 Å². The molecule has 2 N–H and O–H groups in total. The second-order valence-corrected chi connectivity index (χ2v) is 9.25. The predicted octanol–water partition coefficient (Wildman–Crippen LogP) is 5.82. The van der Waals surface area contributed by atoms with Crippen molar-refractivity contribution >= 4 is 38.4 Å². The Morgan fingerprint density at radius 2 is 1.92 bits per heavy atom. The fraction of sp³-hybridized carbons (Fsp3) is 0.192. The number of hydrogen-bond acceptors (Lipinski definition) is 7. The van der Waals surface area contributed by atoms with Crippen LogP contribution >= 0.6 is 15.9 Å². The molecule has 0 saturated carbocycles. The van der Waals surface area contributed by atoms with Crippen LogP contribution in [0.2, 0.25) is 0 Å². The summed E-state index contributed by atoms with van der Waals surface area (Å²) in [5, 5.41) is 23.6. The molecular weight excluding hydrogens is 520 g/mol. The van der Waals surface area contributed by atoms with E-state index in [-0.39, 0.29) is 0 Å². The first-order chi connectivity index (χ1) is 17.7. The lowest BCUT2D eigenvalue weighted by Gasteiger charge is -2.11. The largest absolute Gasteiger partial charge is 0.455 e. The van der Waals surface area contributed by atoms with Gasteiger partial charge in [-0.3, -0.25) is 0 Å². The fourth-order valence-corrected chi connectivity index (χ4v) is 4.96. The minimum Gasteiger partial charge on any atom is -0.455 e. The van der Waals surface area contributed by atoms with Crippen molar-refractivity contribution in [2.24, 2.45) is 0 Å². The first-order valence-electron chi connectivity index (χ1n) is 11.8. The van der Waals surface area contributed by atoms with Crippen molar-refractivity contribution < 1.29 is 4.42 Å². The summed E-state index contributed by atoms with van der Waals surface area (Å²) in [5.74, 6) is 2.17. The average Bonchev–Trinajstić information content (AvgIpc) is 3.66. The van der Waals surface area contributed by atoms with Crippen LogP contribution in [0.5, 0.6) is 0 Å². The zero-order valence-electron chi connectivity index (χ0n) is 19.8. The Bertz CT molecular complexity index is 1690. The third-order valence-corrected chi connectivity index (χ3v) is 7.05. The Balaban J connectivity index is 1.34. The van der Waals surface area contributed by atoms with Gasteiger partial charge in [-0.1, -0.05) is 44.2 Å². The molecule has 6 rings (SSSR count). The van der Waals surface area contributed by atoms with E-state index in [0.717, 1.165) is 73.5 Å². The van der Waals surface area contributed by atoms with Gasteiger partial charge in [0.05, 0.1) is 10.7 Å². The lowest BCUT2D eigenvalue weighted by molar-refractivity contribution is 0.630. The summed E-state index contributed by atoms with van der Waals surface area (Å²) >= 11 is 3.78. The van der Waals surface area contributed by atoms with E-state index in [4.69, 9.17) is 9.40 Å². The van der Waals surface area contributed by atoms with E-state index in [1.165, 1.54) is 0 Å². The topological polar surface area (TPSA) is 110 Å². The van der Waals surface area contributed by atoms with Crippen LogP contribution in [0, 0.1) is 0 Å². The SMILES string of the molecule is CCc1cc(NCc2ccc3oc(-c4ccccc4-c4nn[nH]n4)c(Br)c3c2)n2ncc(CC)c2n1. The van der Waals surface area contributed by atoms with Gasteiger partial charge in [0.2, 0.25) is 5.82 Å². The third kappa shape index (κ3) is 3.83. The van der Waals surface area contributed by atoms with Gasteiger partial charge >= 0.3 is 0 Å². The molecule has 4 heterocycles. The first kappa shape index (κ1) is 22.4. The van der Waals surface area contributed by atoms with Gasteiger partial charge < -0.3 is 9.73 Å². The maximum atomic E-state index is 6.27. The molecule has 0 aliphatic carbocycles. The Hall–Kier alpha value is -4.05. The molecule has 0 radical (unpaired) electrons. The molecule has 0 spiro atoms. The van der Waals surface area contributed by atoms with Gasteiger partial charge in [-0.25, -0.2) is 4.98 Å². The summed E-state index contributed by atoms with van der Waals surface area (Å²) in [6.07, 6.45) is 3.66. The number of aryl methyl sites for hydroxylation is 2. The number of rotatable bonds is 7. The number of anilines is 1. The third-order valence-electron chi connectivity index (χ3n) is 6.26. The normalized spacial score (nSPS) is 11.5. The molecule has 6 aromatic rings. The van der Waals surface area contributed by atoms with Crippen molar-refractivity contribution in [2.45, 2.75) is 33.2 Å². The molecule has 0 saturated heterocycles. The number of hydrogen-bond donors (Lipinski definition) is 2. The number of furan rings is 1. The summed E-state index contributed by atoms with van der Waals surface area (Å²) in [5.41, 5.74) is 6.74. The predicted molar refractivity (Wildman–Crippen MR) is 142 cm³/mol. The molecule has 36 heavy (non-hydrogen) atoms. The van der Waals surface area contributed by atoms with Crippen molar-refractivity contribution in [2.75, 3.05) is 5.32 Å². The second kappa shape index (κ2) is 9.19. The highest BCUT2D eigenvalue weighted by Crippen LogP contribution is 2.41. The molecule has 4 aromatic heterocycles. The molecule has 0 amide bonds. The second-order valence-electron chi connectivity index (χ2n) is 8.46. The molecule has 0 unspecified atom stereocenters. The molecule has 2 aromatic carbocycles. The van der Waals surface area contributed by atoms with Crippen molar-refractivity contribution in [3.8, 4) is 22.7 Å². The highest BCUT2D eigenvalue weighted by atomic mass is 79.9. The van der Waals surface area contributed by atoms with Crippen LogP contribution < -0.4 is 5.32 Å². The van der Waals surface area contributed by atoms with Crippen LogP contribution in [0.3, 0.4) is 0 Å². The molecule has 10 heteroatoms. The summed E-state index contributed by atoms with van der Waals surface area (Å²) in [7, 11) is 0. The highest BCUT2D eigenvalue weighted by molar-refractivity contribution is 9.10. The van der Waals surface area contributed by atoms with E-state index in [2.05, 4.69) is 79.0 Å². The minimum atomic E-state index is 0.516. The van der Waals surface area contributed by atoms with E-state index in [1.807, 2.05) is 41.0 Å². The monoisotopic (exact) mass is 542 g/mol. The number of fused-ring (bicyclic) bond motifs is 2. The Morgan fingerprint density at radius 3 is 2.69 bits per heavy atom. The lowest BCUT2D eigenvalue weighted by Crippen LogP contribution is -2.07. The zero-order chi connectivity index (χ0) is 24.6. The lowest BCUT2D eigenvalue weighted by atomic mass is 10.0. The number of aromatic amines is 1. The van der Waals surface area contributed by atoms with Crippen LogP contribution in [-0.2, 0) is 19.4 Å². The number of H-pyrrole nitrogens is 1. The molecule has 0 fully saturated rings. The highest BCUT2D eigenvalue weighted by Gasteiger charge is 2.19. The molecule has 0 aliphatic rings. The molecule has 0 atom stereocenters. The van der Waals surface area contributed by atoms with Crippen LogP contribution in [-0.4, -0.2) is 35.2 Å². The number of halogens is 1. The van der Waals surface area contributed by atoms with Crippen LogP contribution in [0.1, 0.15) is 30.7 Å². The van der Waals surface area contributed by atoms with E-state index in [1.54, 1.807) is 0 Å². The van der Waals surface area contributed by atoms with Gasteiger partial charge in [-0.15, -0.1) is 10.2 Å².